The Labute approximate surface area is 106 Å². The number of aryl methyl sites for hydroxylation is 1. The number of hydrogen-bond donors (Lipinski definition) is 2. The SMILES string of the molecule is Cc1cccc(NS(=O)(=O)N2CCNCC2)c1F. The smallest absolute Gasteiger partial charge is 0.301 e. The van der Waals surface area contributed by atoms with E-state index in [1.54, 1.807) is 19.1 Å². The minimum absolute atomic E-state index is 0.00599. The summed E-state index contributed by atoms with van der Waals surface area (Å²) < 4.78 is 41.4. The number of nitrogens with one attached hydrogen (secondary N) is 2. The van der Waals surface area contributed by atoms with Gasteiger partial charge in [-0.05, 0) is 18.6 Å². The van der Waals surface area contributed by atoms with Crippen molar-refractivity contribution in [2.45, 2.75) is 6.92 Å². The van der Waals surface area contributed by atoms with Crippen LogP contribution in [0.2, 0.25) is 0 Å². The van der Waals surface area contributed by atoms with Gasteiger partial charge in [-0.3, -0.25) is 4.72 Å². The Hall–Kier alpha value is -1.18. The molecule has 0 atom stereocenters. The normalized spacial score (nSPS) is 17.7. The van der Waals surface area contributed by atoms with Crippen LogP contribution in [0.15, 0.2) is 18.2 Å². The molecule has 7 heteroatoms. The highest BCUT2D eigenvalue weighted by molar-refractivity contribution is 7.90. The lowest BCUT2D eigenvalue weighted by atomic mass is 10.2. The fraction of sp³-hybridized carbons (Fsp3) is 0.455. The number of anilines is 1. The Balaban J connectivity index is 2.19. The maximum atomic E-state index is 13.7. The van der Waals surface area contributed by atoms with Gasteiger partial charge >= 0.3 is 10.2 Å². The molecule has 0 saturated carbocycles. The monoisotopic (exact) mass is 273 g/mol. The number of rotatable bonds is 3. The van der Waals surface area contributed by atoms with Gasteiger partial charge in [0.25, 0.3) is 0 Å². The van der Waals surface area contributed by atoms with Gasteiger partial charge in [-0.1, -0.05) is 12.1 Å². The number of nitrogens with zero attached hydrogens (tertiary/aromatic N) is 1. The van der Waals surface area contributed by atoms with Gasteiger partial charge in [-0.15, -0.1) is 0 Å². The molecule has 1 saturated heterocycles. The number of benzene rings is 1. The molecular weight excluding hydrogens is 257 g/mol. The van der Waals surface area contributed by atoms with Gasteiger partial charge in [0.15, 0.2) is 0 Å². The van der Waals surface area contributed by atoms with Crippen molar-refractivity contribution in [1.82, 2.24) is 9.62 Å². The Morgan fingerprint density at radius 2 is 2.00 bits per heavy atom. The zero-order chi connectivity index (χ0) is 13.2. The minimum atomic E-state index is -3.67. The van der Waals surface area contributed by atoms with Crippen molar-refractivity contribution < 1.29 is 12.8 Å². The van der Waals surface area contributed by atoms with Crippen LogP contribution in [-0.2, 0) is 10.2 Å². The van der Waals surface area contributed by atoms with Crippen molar-refractivity contribution >= 4 is 15.9 Å². The largest absolute Gasteiger partial charge is 0.314 e. The lowest BCUT2D eigenvalue weighted by Crippen LogP contribution is -2.48. The van der Waals surface area contributed by atoms with Gasteiger partial charge < -0.3 is 5.32 Å². The predicted octanol–water partition coefficient (Wildman–Crippen LogP) is 0.696. The molecule has 1 aromatic carbocycles. The highest BCUT2D eigenvalue weighted by Crippen LogP contribution is 2.19. The summed E-state index contributed by atoms with van der Waals surface area (Å²) in [5.41, 5.74) is 0.407. The molecule has 0 radical (unpaired) electrons. The molecular formula is C11H16FN3O2S. The molecule has 1 aliphatic heterocycles. The molecule has 0 unspecified atom stereocenters. The van der Waals surface area contributed by atoms with E-state index in [0.717, 1.165) is 0 Å². The molecule has 0 aromatic heterocycles. The standard InChI is InChI=1S/C11H16FN3O2S/c1-9-3-2-4-10(11(9)12)14-18(16,17)15-7-5-13-6-8-15/h2-4,13-14H,5-8H2,1H3. The van der Waals surface area contributed by atoms with Gasteiger partial charge in [0, 0.05) is 26.2 Å². The lowest BCUT2D eigenvalue weighted by molar-refractivity contribution is 0.362. The first-order valence-corrected chi connectivity index (χ1v) is 7.18. The summed E-state index contributed by atoms with van der Waals surface area (Å²) in [7, 11) is -3.67. The first kappa shape index (κ1) is 13.3. The number of halogens is 1. The maximum absolute atomic E-state index is 13.7. The third-order valence-electron chi connectivity index (χ3n) is 2.85. The second-order valence-corrected chi connectivity index (χ2v) is 5.86. The molecule has 2 N–H and O–H groups in total. The summed E-state index contributed by atoms with van der Waals surface area (Å²) >= 11 is 0. The molecule has 1 fully saturated rings. The maximum Gasteiger partial charge on any atom is 0.301 e. The Kier molecular flexibility index (Phi) is 3.84. The fourth-order valence-electron chi connectivity index (χ4n) is 1.81. The third kappa shape index (κ3) is 2.80. The molecule has 18 heavy (non-hydrogen) atoms. The first-order chi connectivity index (χ1) is 8.50. The number of hydrogen-bond acceptors (Lipinski definition) is 3. The summed E-state index contributed by atoms with van der Waals surface area (Å²) in [4.78, 5) is 0. The van der Waals surface area contributed by atoms with E-state index < -0.39 is 16.0 Å². The molecule has 5 nitrogen and oxygen atoms in total. The van der Waals surface area contributed by atoms with Crippen LogP contribution in [0.4, 0.5) is 10.1 Å². The summed E-state index contributed by atoms with van der Waals surface area (Å²) in [6, 6.07) is 4.63. The fourth-order valence-corrected chi connectivity index (χ4v) is 3.04. The summed E-state index contributed by atoms with van der Waals surface area (Å²) in [5, 5.41) is 3.06. The molecule has 100 valence electrons. The van der Waals surface area contributed by atoms with E-state index in [1.165, 1.54) is 10.4 Å². The van der Waals surface area contributed by atoms with E-state index in [-0.39, 0.29) is 5.69 Å². The van der Waals surface area contributed by atoms with Gasteiger partial charge in [0.1, 0.15) is 5.82 Å². The van der Waals surface area contributed by atoms with Crippen molar-refractivity contribution in [2.24, 2.45) is 0 Å². The molecule has 0 bridgehead atoms. The van der Waals surface area contributed by atoms with Crippen molar-refractivity contribution in [3.8, 4) is 0 Å². The van der Waals surface area contributed by atoms with E-state index in [0.29, 0.717) is 31.7 Å². The van der Waals surface area contributed by atoms with E-state index in [2.05, 4.69) is 10.0 Å². The summed E-state index contributed by atoms with van der Waals surface area (Å²) in [5.74, 6) is -0.531. The molecule has 1 heterocycles. The quantitative estimate of drug-likeness (QED) is 0.852. The first-order valence-electron chi connectivity index (χ1n) is 5.74. The van der Waals surface area contributed by atoms with Crippen LogP contribution in [0.25, 0.3) is 0 Å². The summed E-state index contributed by atoms with van der Waals surface area (Å²) in [6.45, 7) is 3.60. The van der Waals surface area contributed by atoms with E-state index in [4.69, 9.17) is 0 Å². The average molecular weight is 273 g/mol. The molecule has 1 aliphatic rings. The van der Waals surface area contributed by atoms with Crippen LogP contribution < -0.4 is 10.0 Å². The number of piperazine rings is 1. The Bertz CT molecular complexity index is 527. The van der Waals surface area contributed by atoms with Crippen LogP contribution in [0.5, 0.6) is 0 Å². The minimum Gasteiger partial charge on any atom is -0.314 e. The molecule has 0 spiro atoms. The lowest BCUT2D eigenvalue weighted by Gasteiger charge is -2.27. The Morgan fingerprint density at radius 1 is 1.33 bits per heavy atom. The molecule has 0 aliphatic carbocycles. The van der Waals surface area contributed by atoms with E-state index in [1.807, 2.05) is 0 Å². The molecule has 2 rings (SSSR count). The van der Waals surface area contributed by atoms with Gasteiger partial charge in [-0.25, -0.2) is 4.39 Å². The summed E-state index contributed by atoms with van der Waals surface area (Å²) in [6.07, 6.45) is 0. The van der Waals surface area contributed by atoms with Crippen molar-refractivity contribution in [1.29, 1.82) is 0 Å². The van der Waals surface area contributed by atoms with Crippen LogP contribution >= 0.6 is 0 Å². The van der Waals surface area contributed by atoms with Crippen molar-refractivity contribution in [3.63, 3.8) is 0 Å². The second-order valence-electron chi connectivity index (χ2n) is 4.19. The van der Waals surface area contributed by atoms with Crippen LogP contribution in [0.3, 0.4) is 0 Å². The average Bonchev–Trinajstić information content (AvgIpc) is 2.36. The Morgan fingerprint density at radius 3 is 2.67 bits per heavy atom. The van der Waals surface area contributed by atoms with Gasteiger partial charge in [-0.2, -0.15) is 12.7 Å². The van der Waals surface area contributed by atoms with Crippen LogP contribution in [-0.4, -0.2) is 38.9 Å². The predicted molar refractivity (Wildman–Crippen MR) is 68.1 cm³/mol. The van der Waals surface area contributed by atoms with Gasteiger partial charge in [0.05, 0.1) is 5.69 Å². The zero-order valence-electron chi connectivity index (χ0n) is 10.1. The second kappa shape index (κ2) is 5.21. The van der Waals surface area contributed by atoms with Gasteiger partial charge in [0.2, 0.25) is 0 Å². The van der Waals surface area contributed by atoms with Crippen molar-refractivity contribution in [3.05, 3.63) is 29.6 Å². The van der Waals surface area contributed by atoms with Crippen LogP contribution in [0, 0.1) is 12.7 Å². The molecule has 0 amide bonds. The molecule has 1 aromatic rings. The third-order valence-corrected chi connectivity index (χ3v) is 4.37. The van der Waals surface area contributed by atoms with E-state index >= 15 is 0 Å². The topological polar surface area (TPSA) is 61.4 Å². The highest BCUT2D eigenvalue weighted by atomic mass is 32.2. The van der Waals surface area contributed by atoms with Crippen molar-refractivity contribution in [2.75, 3.05) is 30.9 Å². The van der Waals surface area contributed by atoms with Crippen LogP contribution in [0.1, 0.15) is 5.56 Å². The zero-order valence-corrected chi connectivity index (χ0v) is 10.9. The highest BCUT2D eigenvalue weighted by Gasteiger charge is 2.24. The van der Waals surface area contributed by atoms with E-state index in [9.17, 15) is 12.8 Å².